The molecule has 1 N–H and O–H groups in total. The van der Waals surface area contributed by atoms with Crippen molar-refractivity contribution in [3.63, 3.8) is 0 Å². The minimum Gasteiger partial charge on any atom is -0.496 e. The summed E-state index contributed by atoms with van der Waals surface area (Å²) in [6, 6.07) is 15.6. The van der Waals surface area contributed by atoms with Gasteiger partial charge in [-0.2, -0.15) is 0 Å². The molecule has 0 aromatic heterocycles. The minimum atomic E-state index is -0.0526. The quantitative estimate of drug-likeness (QED) is 0.852. The molecule has 142 valence electrons. The first-order valence-corrected chi connectivity index (χ1v) is 9.38. The van der Waals surface area contributed by atoms with Crippen LogP contribution in [0.5, 0.6) is 5.75 Å². The highest BCUT2D eigenvalue weighted by atomic mass is 16.5. The number of carbonyl (C=O) groups is 1. The highest BCUT2D eigenvalue weighted by Gasteiger charge is 2.54. The standard InChI is InChI=1S/C22H25NO4/c1-25-13-18-20(17-10-11-27-21(17)18)23-22(24)15-7-5-6-14(12-15)16-8-3-4-9-19(16)26-2/h3-9,12,17-18,20-21H,10-11,13H2,1-2H3,(H,23,24)/t17-,18-,20-,21-/m1/s1. The highest BCUT2D eigenvalue weighted by Crippen LogP contribution is 2.43. The third-order valence-electron chi connectivity index (χ3n) is 5.73. The summed E-state index contributed by atoms with van der Waals surface area (Å²) in [4.78, 5) is 12.9. The Labute approximate surface area is 159 Å². The molecule has 4 atom stereocenters. The number of fused-ring (bicyclic) bond motifs is 1. The molecular formula is C22H25NO4. The Morgan fingerprint density at radius 3 is 2.85 bits per heavy atom. The van der Waals surface area contributed by atoms with Gasteiger partial charge in [-0.25, -0.2) is 0 Å². The molecule has 2 fully saturated rings. The number of carbonyl (C=O) groups excluding carboxylic acids is 1. The van der Waals surface area contributed by atoms with Crippen LogP contribution in [-0.4, -0.2) is 45.5 Å². The molecule has 4 rings (SSSR count). The van der Waals surface area contributed by atoms with Crippen LogP contribution >= 0.6 is 0 Å². The number of amides is 1. The normalized spacial score (nSPS) is 26.1. The molecular weight excluding hydrogens is 342 g/mol. The summed E-state index contributed by atoms with van der Waals surface area (Å²) in [5, 5.41) is 3.22. The zero-order valence-corrected chi connectivity index (χ0v) is 15.7. The van der Waals surface area contributed by atoms with E-state index in [1.807, 2.05) is 48.5 Å². The Morgan fingerprint density at radius 2 is 2.04 bits per heavy atom. The van der Waals surface area contributed by atoms with Crippen molar-refractivity contribution in [1.82, 2.24) is 5.32 Å². The maximum absolute atomic E-state index is 12.9. The molecule has 1 amide bonds. The number of hydrogen-bond donors (Lipinski definition) is 1. The Balaban J connectivity index is 1.53. The first-order chi connectivity index (χ1) is 13.2. The van der Waals surface area contributed by atoms with Crippen molar-refractivity contribution in [2.24, 2.45) is 11.8 Å². The van der Waals surface area contributed by atoms with Crippen molar-refractivity contribution >= 4 is 5.91 Å². The maximum atomic E-state index is 12.9. The maximum Gasteiger partial charge on any atom is 0.251 e. The van der Waals surface area contributed by atoms with E-state index in [4.69, 9.17) is 14.2 Å². The second kappa shape index (κ2) is 7.71. The molecule has 5 nitrogen and oxygen atoms in total. The lowest BCUT2D eigenvalue weighted by atomic mass is 9.67. The molecule has 2 aromatic rings. The van der Waals surface area contributed by atoms with Crippen LogP contribution in [0.3, 0.4) is 0 Å². The van der Waals surface area contributed by atoms with Gasteiger partial charge >= 0.3 is 0 Å². The molecule has 1 heterocycles. The molecule has 1 saturated heterocycles. The van der Waals surface area contributed by atoms with Crippen molar-refractivity contribution in [3.05, 3.63) is 54.1 Å². The Morgan fingerprint density at radius 1 is 1.19 bits per heavy atom. The van der Waals surface area contributed by atoms with E-state index in [9.17, 15) is 4.79 Å². The number of hydrogen-bond acceptors (Lipinski definition) is 4. The van der Waals surface area contributed by atoms with E-state index in [1.165, 1.54) is 0 Å². The fourth-order valence-corrected chi connectivity index (χ4v) is 4.38. The van der Waals surface area contributed by atoms with Crippen molar-refractivity contribution in [3.8, 4) is 16.9 Å². The fourth-order valence-electron chi connectivity index (χ4n) is 4.38. The fraction of sp³-hybridized carbons (Fsp3) is 0.409. The van der Waals surface area contributed by atoms with Gasteiger partial charge < -0.3 is 19.5 Å². The van der Waals surface area contributed by atoms with Crippen molar-refractivity contribution in [1.29, 1.82) is 0 Å². The van der Waals surface area contributed by atoms with E-state index in [0.717, 1.165) is 29.9 Å². The minimum absolute atomic E-state index is 0.0526. The molecule has 1 aliphatic heterocycles. The predicted molar refractivity (Wildman–Crippen MR) is 103 cm³/mol. The number of para-hydroxylation sites is 1. The molecule has 27 heavy (non-hydrogen) atoms. The van der Waals surface area contributed by atoms with Gasteiger partial charge in [0.2, 0.25) is 0 Å². The van der Waals surface area contributed by atoms with Gasteiger partial charge in [0, 0.05) is 42.7 Å². The van der Waals surface area contributed by atoms with E-state index >= 15 is 0 Å². The summed E-state index contributed by atoms with van der Waals surface area (Å²) < 4.78 is 16.6. The molecule has 0 spiro atoms. The summed E-state index contributed by atoms with van der Waals surface area (Å²) in [6.45, 7) is 1.37. The van der Waals surface area contributed by atoms with Gasteiger partial charge in [0.05, 0.1) is 19.8 Å². The summed E-state index contributed by atoms with van der Waals surface area (Å²) in [5.74, 6) is 1.36. The highest BCUT2D eigenvalue weighted by molar-refractivity contribution is 5.96. The molecule has 1 saturated carbocycles. The van der Waals surface area contributed by atoms with Gasteiger partial charge in [-0.1, -0.05) is 30.3 Å². The third-order valence-corrected chi connectivity index (χ3v) is 5.73. The first kappa shape index (κ1) is 18.0. The molecule has 2 aliphatic rings. The summed E-state index contributed by atoms with van der Waals surface area (Å²) in [6.07, 6.45) is 1.21. The van der Waals surface area contributed by atoms with Crippen molar-refractivity contribution < 1.29 is 19.0 Å². The number of nitrogens with one attached hydrogen (secondary N) is 1. The lowest BCUT2D eigenvalue weighted by Gasteiger charge is -2.47. The van der Waals surface area contributed by atoms with Crippen LogP contribution in [0.4, 0.5) is 0 Å². The molecule has 1 aliphatic carbocycles. The van der Waals surface area contributed by atoms with Gasteiger partial charge in [0.15, 0.2) is 0 Å². The van der Waals surface area contributed by atoms with E-state index in [1.54, 1.807) is 14.2 Å². The number of methoxy groups -OCH3 is 2. The average molecular weight is 367 g/mol. The van der Waals surface area contributed by atoms with Gasteiger partial charge in [0.1, 0.15) is 5.75 Å². The van der Waals surface area contributed by atoms with Crippen molar-refractivity contribution in [2.45, 2.75) is 18.6 Å². The third kappa shape index (κ3) is 3.33. The molecule has 0 unspecified atom stereocenters. The second-order valence-electron chi connectivity index (χ2n) is 7.19. The predicted octanol–water partition coefficient (Wildman–Crippen LogP) is 3.14. The SMILES string of the molecule is COC[C@@H]1[C@H](NC(=O)c2cccc(-c3ccccc3OC)c2)[C@H]2CCO[C@H]21. The second-order valence-corrected chi connectivity index (χ2v) is 7.19. The number of ether oxygens (including phenoxy) is 3. The topological polar surface area (TPSA) is 56.8 Å². The summed E-state index contributed by atoms with van der Waals surface area (Å²) in [5.41, 5.74) is 2.58. The van der Waals surface area contributed by atoms with Gasteiger partial charge in [0.25, 0.3) is 5.91 Å². The lowest BCUT2D eigenvalue weighted by Crippen LogP contribution is -2.62. The van der Waals surface area contributed by atoms with Gasteiger partial charge in [-0.15, -0.1) is 0 Å². The Kier molecular flexibility index (Phi) is 5.14. The summed E-state index contributed by atoms with van der Waals surface area (Å²) in [7, 11) is 3.35. The first-order valence-electron chi connectivity index (χ1n) is 9.38. The summed E-state index contributed by atoms with van der Waals surface area (Å²) >= 11 is 0. The van der Waals surface area contributed by atoms with Crippen LogP contribution < -0.4 is 10.1 Å². The van der Waals surface area contributed by atoms with Gasteiger partial charge in [-0.3, -0.25) is 4.79 Å². The average Bonchev–Trinajstić information content (AvgIpc) is 3.14. The molecule has 5 heteroatoms. The monoisotopic (exact) mass is 367 g/mol. The van der Waals surface area contributed by atoms with E-state index in [2.05, 4.69) is 5.32 Å². The van der Waals surface area contributed by atoms with E-state index in [0.29, 0.717) is 18.1 Å². The van der Waals surface area contributed by atoms with Crippen LogP contribution in [0.2, 0.25) is 0 Å². The zero-order chi connectivity index (χ0) is 18.8. The molecule has 0 radical (unpaired) electrons. The van der Waals surface area contributed by atoms with Crippen LogP contribution in [0.1, 0.15) is 16.8 Å². The Hall–Kier alpha value is -2.37. The molecule has 0 bridgehead atoms. The van der Waals surface area contributed by atoms with Crippen LogP contribution in [-0.2, 0) is 9.47 Å². The molecule has 2 aromatic carbocycles. The van der Waals surface area contributed by atoms with Crippen LogP contribution in [0.25, 0.3) is 11.1 Å². The van der Waals surface area contributed by atoms with E-state index < -0.39 is 0 Å². The smallest absolute Gasteiger partial charge is 0.251 e. The van der Waals surface area contributed by atoms with Crippen LogP contribution in [0, 0.1) is 11.8 Å². The van der Waals surface area contributed by atoms with Crippen molar-refractivity contribution in [2.75, 3.05) is 27.4 Å². The van der Waals surface area contributed by atoms with Gasteiger partial charge in [-0.05, 0) is 30.2 Å². The van der Waals surface area contributed by atoms with Crippen LogP contribution in [0.15, 0.2) is 48.5 Å². The number of rotatable bonds is 6. The largest absolute Gasteiger partial charge is 0.496 e. The Bertz CT molecular complexity index is 821. The van der Waals surface area contributed by atoms with E-state index in [-0.39, 0.29) is 24.0 Å². The number of benzene rings is 2. The lowest BCUT2D eigenvalue weighted by molar-refractivity contribution is -0.0809. The zero-order valence-electron chi connectivity index (χ0n) is 15.7.